The zero-order valence-corrected chi connectivity index (χ0v) is 11.6. The second-order valence-corrected chi connectivity index (χ2v) is 5.11. The number of nitrogens with one attached hydrogen (secondary N) is 1. The average Bonchev–Trinajstić information content (AvgIpc) is 3.11. The minimum atomic E-state index is 0.563. The molecule has 0 amide bonds. The lowest BCUT2D eigenvalue weighted by atomic mass is 10.3. The first-order valence-electron chi connectivity index (χ1n) is 5.97. The molecule has 0 bridgehead atoms. The van der Waals surface area contributed by atoms with Crippen LogP contribution in [-0.2, 0) is 0 Å². The summed E-state index contributed by atoms with van der Waals surface area (Å²) < 4.78 is 0. The molecule has 5 heteroatoms. The van der Waals surface area contributed by atoms with E-state index in [1.54, 1.807) is 6.07 Å². The van der Waals surface area contributed by atoms with Gasteiger partial charge in [-0.1, -0.05) is 30.1 Å². The van der Waals surface area contributed by atoms with Crippen molar-refractivity contribution in [2.24, 2.45) is 0 Å². The van der Waals surface area contributed by atoms with Gasteiger partial charge in [0.25, 0.3) is 0 Å². The molecule has 3 nitrogen and oxygen atoms in total. The van der Waals surface area contributed by atoms with Crippen molar-refractivity contribution in [3.8, 4) is 0 Å². The molecular weight excluding hydrogens is 257 g/mol. The standard InChI is InChI=1S/C12H17Cl2N3/c1-3-6-17(8-4-5-8)12-10(14)7-9(13)11(15-2)16-12/h7-8H,3-6H2,1-2H3,(H,15,16). The third-order valence-corrected chi connectivity index (χ3v) is 3.44. The zero-order chi connectivity index (χ0) is 12.4. The molecule has 1 N–H and O–H groups in total. The van der Waals surface area contributed by atoms with E-state index >= 15 is 0 Å². The van der Waals surface area contributed by atoms with Crippen LogP contribution in [0.3, 0.4) is 0 Å². The Hall–Kier alpha value is -0.670. The molecule has 0 radical (unpaired) electrons. The minimum Gasteiger partial charge on any atom is -0.372 e. The van der Waals surface area contributed by atoms with Gasteiger partial charge >= 0.3 is 0 Å². The highest BCUT2D eigenvalue weighted by Gasteiger charge is 2.31. The third-order valence-electron chi connectivity index (χ3n) is 2.87. The Morgan fingerprint density at radius 2 is 2.12 bits per heavy atom. The van der Waals surface area contributed by atoms with Gasteiger partial charge in [0.05, 0.1) is 10.0 Å². The van der Waals surface area contributed by atoms with Gasteiger partial charge in [0.1, 0.15) is 11.6 Å². The van der Waals surface area contributed by atoms with Crippen molar-refractivity contribution < 1.29 is 0 Å². The van der Waals surface area contributed by atoms with E-state index in [0.717, 1.165) is 18.8 Å². The lowest BCUT2D eigenvalue weighted by Crippen LogP contribution is -2.27. The summed E-state index contributed by atoms with van der Waals surface area (Å²) in [7, 11) is 1.81. The molecule has 0 unspecified atom stereocenters. The predicted molar refractivity (Wildman–Crippen MR) is 74.5 cm³/mol. The van der Waals surface area contributed by atoms with E-state index in [9.17, 15) is 0 Å². The molecule has 0 aliphatic heterocycles. The molecule has 2 rings (SSSR count). The first-order chi connectivity index (χ1) is 8.17. The van der Waals surface area contributed by atoms with E-state index in [-0.39, 0.29) is 0 Å². The Labute approximate surface area is 112 Å². The molecule has 1 aliphatic rings. The number of pyridine rings is 1. The SMILES string of the molecule is CCCN(c1nc(NC)c(Cl)cc1Cl)C1CC1. The van der Waals surface area contributed by atoms with Crippen LogP contribution in [0.1, 0.15) is 26.2 Å². The topological polar surface area (TPSA) is 28.2 Å². The van der Waals surface area contributed by atoms with Crippen molar-refractivity contribution in [2.75, 3.05) is 23.8 Å². The molecule has 1 aromatic rings. The largest absolute Gasteiger partial charge is 0.372 e. The van der Waals surface area contributed by atoms with Gasteiger partial charge in [-0.25, -0.2) is 4.98 Å². The summed E-state index contributed by atoms with van der Waals surface area (Å²) in [6.45, 7) is 3.15. The minimum absolute atomic E-state index is 0.563. The lowest BCUT2D eigenvalue weighted by molar-refractivity contribution is 0.751. The smallest absolute Gasteiger partial charge is 0.150 e. The quantitative estimate of drug-likeness (QED) is 0.885. The Morgan fingerprint density at radius 1 is 1.41 bits per heavy atom. The summed E-state index contributed by atoms with van der Waals surface area (Å²) in [6, 6.07) is 2.37. The number of anilines is 2. The maximum absolute atomic E-state index is 6.24. The van der Waals surface area contributed by atoms with Crippen LogP contribution >= 0.6 is 23.2 Å². The molecule has 1 heterocycles. The highest BCUT2D eigenvalue weighted by Crippen LogP contribution is 2.37. The third kappa shape index (κ3) is 2.78. The summed E-state index contributed by atoms with van der Waals surface area (Å²) >= 11 is 12.3. The van der Waals surface area contributed by atoms with Crippen molar-refractivity contribution in [2.45, 2.75) is 32.2 Å². The van der Waals surface area contributed by atoms with Crippen LogP contribution in [0, 0.1) is 0 Å². The van der Waals surface area contributed by atoms with E-state index in [1.165, 1.54) is 12.8 Å². The maximum Gasteiger partial charge on any atom is 0.150 e. The lowest BCUT2D eigenvalue weighted by Gasteiger charge is -2.24. The van der Waals surface area contributed by atoms with Gasteiger partial charge in [0, 0.05) is 19.6 Å². The van der Waals surface area contributed by atoms with Crippen LogP contribution in [0.5, 0.6) is 0 Å². The van der Waals surface area contributed by atoms with Crippen molar-refractivity contribution >= 4 is 34.8 Å². The second-order valence-electron chi connectivity index (χ2n) is 4.30. The molecule has 0 saturated heterocycles. The van der Waals surface area contributed by atoms with E-state index in [4.69, 9.17) is 23.2 Å². The molecule has 1 fully saturated rings. The van der Waals surface area contributed by atoms with Gasteiger partial charge in [0.2, 0.25) is 0 Å². The summed E-state index contributed by atoms with van der Waals surface area (Å²) in [4.78, 5) is 6.81. The van der Waals surface area contributed by atoms with Crippen LogP contribution in [0.15, 0.2) is 6.07 Å². The fraction of sp³-hybridized carbons (Fsp3) is 0.583. The Morgan fingerprint density at radius 3 is 2.65 bits per heavy atom. The number of rotatable bonds is 5. The molecule has 0 spiro atoms. The number of halogens is 2. The number of hydrogen-bond acceptors (Lipinski definition) is 3. The predicted octanol–water partition coefficient (Wildman–Crippen LogP) is 3.81. The van der Waals surface area contributed by atoms with Gasteiger partial charge in [-0.15, -0.1) is 0 Å². The highest BCUT2D eigenvalue weighted by molar-refractivity contribution is 6.37. The Kier molecular flexibility index (Phi) is 4.00. The van der Waals surface area contributed by atoms with Gasteiger partial charge in [-0.05, 0) is 25.3 Å². The van der Waals surface area contributed by atoms with Gasteiger partial charge in [0.15, 0.2) is 0 Å². The van der Waals surface area contributed by atoms with Crippen LogP contribution in [0.2, 0.25) is 10.0 Å². The number of nitrogens with zero attached hydrogens (tertiary/aromatic N) is 2. The van der Waals surface area contributed by atoms with E-state index in [1.807, 2.05) is 7.05 Å². The van der Waals surface area contributed by atoms with Crippen molar-refractivity contribution in [1.82, 2.24) is 4.98 Å². The highest BCUT2D eigenvalue weighted by atomic mass is 35.5. The van der Waals surface area contributed by atoms with Crippen molar-refractivity contribution in [3.05, 3.63) is 16.1 Å². The first kappa shape index (κ1) is 12.8. The van der Waals surface area contributed by atoms with E-state index in [2.05, 4.69) is 22.1 Å². The van der Waals surface area contributed by atoms with Gasteiger partial charge in [-0.2, -0.15) is 0 Å². The normalized spacial score (nSPS) is 14.8. The summed E-state index contributed by atoms with van der Waals surface area (Å²) in [6.07, 6.45) is 3.55. The monoisotopic (exact) mass is 273 g/mol. The Bertz CT molecular complexity index is 405. The van der Waals surface area contributed by atoms with Crippen LogP contribution in [0.4, 0.5) is 11.6 Å². The summed E-state index contributed by atoms with van der Waals surface area (Å²) in [5.74, 6) is 1.54. The van der Waals surface area contributed by atoms with Crippen LogP contribution in [0.25, 0.3) is 0 Å². The van der Waals surface area contributed by atoms with E-state index < -0.39 is 0 Å². The molecule has 1 aromatic heterocycles. The average molecular weight is 274 g/mol. The summed E-state index contributed by atoms with van der Waals surface area (Å²) in [5, 5.41) is 4.19. The van der Waals surface area contributed by atoms with Crippen LogP contribution in [-0.4, -0.2) is 24.6 Å². The molecule has 94 valence electrons. The first-order valence-corrected chi connectivity index (χ1v) is 6.73. The fourth-order valence-corrected chi connectivity index (χ4v) is 2.48. The molecule has 0 atom stereocenters. The Balaban J connectivity index is 2.34. The van der Waals surface area contributed by atoms with Crippen molar-refractivity contribution in [1.29, 1.82) is 0 Å². The number of aromatic nitrogens is 1. The molecule has 17 heavy (non-hydrogen) atoms. The van der Waals surface area contributed by atoms with Crippen molar-refractivity contribution in [3.63, 3.8) is 0 Å². The second kappa shape index (κ2) is 5.32. The zero-order valence-electron chi connectivity index (χ0n) is 10.1. The summed E-state index contributed by atoms with van der Waals surface area (Å²) in [5.41, 5.74) is 0. The molecule has 1 saturated carbocycles. The fourth-order valence-electron chi connectivity index (χ4n) is 1.92. The van der Waals surface area contributed by atoms with E-state index in [0.29, 0.717) is 21.9 Å². The maximum atomic E-state index is 6.24. The molecule has 0 aromatic carbocycles. The number of hydrogen-bond donors (Lipinski definition) is 1. The molecular formula is C12H17Cl2N3. The molecule has 1 aliphatic carbocycles. The van der Waals surface area contributed by atoms with Gasteiger partial charge < -0.3 is 10.2 Å². The van der Waals surface area contributed by atoms with Gasteiger partial charge in [-0.3, -0.25) is 0 Å². The van der Waals surface area contributed by atoms with Crippen LogP contribution < -0.4 is 10.2 Å².